The second-order valence-corrected chi connectivity index (χ2v) is 5.36. The van der Waals surface area contributed by atoms with Gasteiger partial charge in [0.2, 0.25) is 11.1 Å². The van der Waals surface area contributed by atoms with E-state index >= 15 is 0 Å². The molecule has 0 radical (unpaired) electrons. The van der Waals surface area contributed by atoms with Gasteiger partial charge in [0.1, 0.15) is 0 Å². The predicted molar refractivity (Wildman–Crippen MR) is 81.7 cm³/mol. The van der Waals surface area contributed by atoms with Crippen molar-refractivity contribution in [3.63, 3.8) is 0 Å². The second kappa shape index (κ2) is 7.82. The summed E-state index contributed by atoms with van der Waals surface area (Å²) >= 11 is 1.39. The van der Waals surface area contributed by atoms with Gasteiger partial charge in [0.25, 0.3) is 0 Å². The van der Waals surface area contributed by atoms with E-state index in [-0.39, 0.29) is 0 Å². The average molecular weight is 308 g/mol. The third-order valence-electron chi connectivity index (χ3n) is 2.52. The summed E-state index contributed by atoms with van der Waals surface area (Å²) in [5.41, 5.74) is 0. The Bertz CT molecular complexity index is 547. The lowest BCUT2D eigenvalue weighted by Gasteiger charge is -2.08. The molecule has 0 amide bonds. The molecule has 0 saturated heterocycles. The van der Waals surface area contributed by atoms with E-state index < -0.39 is 0 Å². The fourth-order valence-corrected chi connectivity index (χ4v) is 2.23. The third-order valence-corrected chi connectivity index (χ3v) is 3.46. The molecule has 0 unspecified atom stereocenters. The molecule has 0 saturated carbocycles. The lowest BCUT2D eigenvalue weighted by atomic mass is 10.5. The Morgan fingerprint density at radius 2 is 2.10 bits per heavy atom. The summed E-state index contributed by atoms with van der Waals surface area (Å²) in [4.78, 5) is 17.2. The van der Waals surface area contributed by atoms with Crippen molar-refractivity contribution in [3.8, 4) is 6.01 Å². The largest absolute Gasteiger partial charge is 0.463 e. The monoisotopic (exact) mass is 308 g/mol. The van der Waals surface area contributed by atoms with Gasteiger partial charge in [-0.05, 0) is 24.6 Å². The van der Waals surface area contributed by atoms with E-state index in [0.717, 1.165) is 24.5 Å². The molecule has 0 fully saturated rings. The van der Waals surface area contributed by atoms with Crippen molar-refractivity contribution in [2.45, 2.75) is 37.0 Å². The van der Waals surface area contributed by atoms with Crippen LogP contribution in [-0.2, 0) is 7.05 Å². The molecule has 0 atom stereocenters. The van der Waals surface area contributed by atoms with Crippen molar-refractivity contribution in [1.82, 2.24) is 24.5 Å². The molecule has 0 aromatic carbocycles. The van der Waals surface area contributed by atoms with Crippen LogP contribution in [0, 0.1) is 0 Å². The number of hydrogen-bond acceptors (Lipinski definition) is 7. The van der Waals surface area contributed by atoms with Crippen LogP contribution >= 0.6 is 11.8 Å². The number of anilines is 1. The van der Waals surface area contributed by atoms with Crippen molar-refractivity contribution in [2.24, 2.45) is 7.05 Å². The van der Waals surface area contributed by atoms with E-state index in [1.165, 1.54) is 11.8 Å². The molecule has 0 bridgehead atoms. The van der Waals surface area contributed by atoms with E-state index in [1.54, 1.807) is 6.20 Å². The summed E-state index contributed by atoms with van der Waals surface area (Å²) in [6.07, 6.45) is 5.53. The van der Waals surface area contributed by atoms with Crippen LogP contribution in [0.15, 0.2) is 22.7 Å². The maximum absolute atomic E-state index is 5.52. The number of ether oxygens (including phenoxy) is 1. The van der Waals surface area contributed by atoms with Crippen LogP contribution in [-0.4, -0.2) is 37.7 Å². The van der Waals surface area contributed by atoms with E-state index in [4.69, 9.17) is 4.74 Å². The molecule has 2 aromatic rings. The van der Waals surface area contributed by atoms with Crippen LogP contribution in [0.4, 0.5) is 5.95 Å². The van der Waals surface area contributed by atoms with Crippen molar-refractivity contribution in [2.75, 3.05) is 18.5 Å². The number of nitrogens with zero attached hydrogens (tertiary/aromatic N) is 5. The molecule has 114 valence electrons. The van der Waals surface area contributed by atoms with Crippen molar-refractivity contribution in [3.05, 3.63) is 12.4 Å². The van der Waals surface area contributed by atoms with Gasteiger partial charge in [-0.2, -0.15) is 15.0 Å². The predicted octanol–water partition coefficient (Wildman–Crippen LogP) is 2.37. The zero-order chi connectivity index (χ0) is 15.1. The highest BCUT2D eigenvalue weighted by Crippen LogP contribution is 2.24. The van der Waals surface area contributed by atoms with Gasteiger partial charge < -0.3 is 14.6 Å². The molecular weight excluding hydrogens is 288 g/mol. The molecule has 2 heterocycles. The first-order chi connectivity index (χ1) is 10.2. The molecule has 21 heavy (non-hydrogen) atoms. The Kier molecular flexibility index (Phi) is 5.79. The summed E-state index contributed by atoms with van der Waals surface area (Å²) in [5, 5.41) is 4.56. The van der Waals surface area contributed by atoms with Gasteiger partial charge in [-0.1, -0.05) is 13.8 Å². The SMILES string of the molecule is CCCNc1nc(OCCC)nc(Sc2nccn2C)n1. The standard InChI is InChI=1S/C13H20N6OS/c1-4-6-14-10-16-11(20-9-5-2)18-12(17-10)21-13-15-7-8-19(13)3/h7-8H,4-6,9H2,1-3H3,(H,14,16,17,18). The summed E-state index contributed by atoms with van der Waals surface area (Å²) < 4.78 is 7.44. The van der Waals surface area contributed by atoms with Crippen molar-refractivity contribution >= 4 is 17.7 Å². The van der Waals surface area contributed by atoms with Gasteiger partial charge >= 0.3 is 6.01 Å². The lowest BCUT2D eigenvalue weighted by molar-refractivity contribution is 0.288. The number of imidazole rings is 1. The minimum absolute atomic E-state index is 0.349. The maximum atomic E-state index is 5.52. The Hall–Kier alpha value is -1.83. The fraction of sp³-hybridized carbons (Fsp3) is 0.538. The Labute approximate surface area is 128 Å². The highest BCUT2D eigenvalue weighted by Gasteiger charge is 2.11. The van der Waals surface area contributed by atoms with Gasteiger partial charge in [0, 0.05) is 26.0 Å². The highest BCUT2D eigenvalue weighted by atomic mass is 32.2. The van der Waals surface area contributed by atoms with Crippen LogP contribution in [0.1, 0.15) is 26.7 Å². The number of aryl methyl sites for hydroxylation is 1. The molecule has 7 nitrogen and oxygen atoms in total. The first-order valence-electron chi connectivity index (χ1n) is 7.00. The number of aromatic nitrogens is 5. The van der Waals surface area contributed by atoms with Crippen LogP contribution in [0.2, 0.25) is 0 Å². The summed E-state index contributed by atoms with van der Waals surface area (Å²) in [5.74, 6) is 0.537. The molecule has 8 heteroatoms. The first-order valence-corrected chi connectivity index (χ1v) is 7.82. The lowest BCUT2D eigenvalue weighted by Crippen LogP contribution is -2.09. The van der Waals surface area contributed by atoms with Crippen molar-refractivity contribution in [1.29, 1.82) is 0 Å². The number of rotatable bonds is 8. The summed E-state index contributed by atoms with van der Waals surface area (Å²) in [7, 11) is 1.93. The van der Waals surface area contributed by atoms with E-state index in [0.29, 0.717) is 23.7 Å². The van der Waals surface area contributed by atoms with Crippen LogP contribution < -0.4 is 10.1 Å². The van der Waals surface area contributed by atoms with E-state index in [2.05, 4.69) is 32.2 Å². The fourth-order valence-electron chi connectivity index (χ4n) is 1.49. The van der Waals surface area contributed by atoms with Gasteiger partial charge in [-0.15, -0.1) is 0 Å². The minimum atomic E-state index is 0.349. The van der Waals surface area contributed by atoms with Gasteiger partial charge in [0.15, 0.2) is 5.16 Å². The zero-order valence-corrected chi connectivity index (χ0v) is 13.4. The summed E-state index contributed by atoms with van der Waals surface area (Å²) in [6, 6.07) is 0.349. The molecule has 0 aliphatic rings. The molecule has 0 aliphatic heterocycles. The van der Waals surface area contributed by atoms with Crippen LogP contribution in [0.5, 0.6) is 6.01 Å². The first kappa shape index (κ1) is 15.6. The van der Waals surface area contributed by atoms with Gasteiger partial charge in [-0.3, -0.25) is 0 Å². The Balaban J connectivity index is 2.19. The second-order valence-electron chi connectivity index (χ2n) is 4.42. The number of hydrogen-bond donors (Lipinski definition) is 1. The number of nitrogens with one attached hydrogen (secondary N) is 1. The smallest absolute Gasteiger partial charge is 0.322 e. The molecule has 0 aliphatic carbocycles. The molecule has 2 aromatic heterocycles. The van der Waals surface area contributed by atoms with E-state index in [9.17, 15) is 0 Å². The maximum Gasteiger partial charge on any atom is 0.322 e. The minimum Gasteiger partial charge on any atom is -0.463 e. The quantitative estimate of drug-likeness (QED) is 0.802. The molecule has 0 spiro atoms. The van der Waals surface area contributed by atoms with Crippen LogP contribution in [0.3, 0.4) is 0 Å². The zero-order valence-electron chi connectivity index (χ0n) is 12.5. The molecular formula is C13H20N6OS. The Morgan fingerprint density at radius 1 is 1.24 bits per heavy atom. The topological polar surface area (TPSA) is 77.8 Å². The average Bonchev–Trinajstić information content (AvgIpc) is 2.88. The summed E-state index contributed by atoms with van der Waals surface area (Å²) in [6.45, 7) is 5.53. The van der Waals surface area contributed by atoms with Gasteiger partial charge in [0.05, 0.1) is 6.61 Å². The Morgan fingerprint density at radius 3 is 2.76 bits per heavy atom. The van der Waals surface area contributed by atoms with Crippen molar-refractivity contribution < 1.29 is 4.74 Å². The molecule has 1 N–H and O–H groups in total. The highest BCUT2D eigenvalue weighted by molar-refractivity contribution is 7.99. The third kappa shape index (κ3) is 4.59. The van der Waals surface area contributed by atoms with Gasteiger partial charge in [-0.25, -0.2) is 4.98 Å². The van der Waals surface area contributed by atoms with Crippen LogP contribution in [0.25, 0.3) is 0 Å². The van der Waals surface area contributed by atoms with E-state index in [1.807, 2.05) is 24.7 Å². The normalized spacial score (nSPS) is 10.6. The molecule has 2 rings (SSSR count).